The van der Waals surface area contributed by atoms with Gasteiger partial charge in [-0.15, -0.1) is 0 Å². The summed E-state index contributed by atoms with van der Waals surface area (Å²) in [4.78, 5) is 35.6. The summed E-state index contributed by atoms with van der Waals surface area (Å²) >= 11 is 6.20. The number of nitriles is 1. The Labute approximate surface area is 211 Å². The molecule has 3 aromatic carbocycles. The fourth-order valence-corrected chi connectivity index (χ4v) is 4.44. The largest absolute Gasteiger partial charge is 0.454 e. The quantitative estimate of drug-likeness (QED) is 0.301. The smallest absolute Gasteiger partial charge is 0.339 e. The summed E-state index contributed by atoms with van der Waals surface area (Å²) in [5, 5.41) is 10.8. The van der Waals surface area contributed by atoms with Gasteiger partial charge in [0.15, 0.2) is 5.82 Å². The monoisotopic (exact) mass is 494 g/mol. The fraction of sp³-hybridized carbons (Fsp3) is 0.107. The number of hydrogen-bond donors (Lipinski definition) is 0. The highest BCUT2D eigenvalue weighted by Crippen LogP contribution is 2.31. The highest BCUT2D eigenvalue weighted by Gasteiger charge is 2.21. The number of hydrogen-bond acceptors (Lipinski definition) is 6. The molecule has 8 heteroatoms. The van der Waals surface area contributed by atoms with Gasteiger partial charge in [0.05, 0.1) is 33.7 Å². The first-order valence-electron chi connectivity index (χ1n) is 11.2. The van der Waals surface area contributed by atoms with Gasteiger partial charge in [0.2, 0.25) is 0 Å². The molecule has 0 aliphatic carbocycles. The summed E-state index contributed by atoms with van der Waals surface area (Å²) in [7, 11) is 0. The molecule has 0 amide bonds. The minimum absolute atomic E-state index is 0.194. The van der Waals surface area contributed by atoms with E-state index in [4.69, 9.17) is 21.3 Å². The highest BCUT2D eigenvalue weighted by molar-refractivity contribution is 6.30. The number of esters is 1. The predicted octanol–water partition coefficient (Wildman–Crippen LogP) is 5.45. The van der Waals surface area contributed by atoms with Crippen molar-refractivity contribution < 1.29 is 9.53 Å². The van der Waals surface area contributed by atoms with Gasteiger partial charge in [-0.25, -0.2) is 14.8 Å². The number of nitrogens with zero attached hydrogens (tertiary/aromatic N) is 4. The molecular weight excluding hydrogens is 476 g/mol. The zero-order valence-electron chi connectivity index (χ0n) is 19.2. The first-order valence-corrected chi connectivity index (χ1v) is 11.5. The standard InChI is InChI=1S/C28H19ClN4O3/c1-17-25(20-9-2-4-11-22(20)32-26(17)18-7-6-8-19(29)15-18)28(35)36-16-24-31-23-12-5-3-10-21(23)27(34)33(24)14-13-30/h2-12,15H,14,16H2,1H3. The van der Waals surface area contributed by atoms with E-state index in [9.17, 15) is 14.9 Å². The van der Waals surface area contributed by atoms with Crippen LogP contribution >= 0.6 is 11.6 Å². The van der Waals surface area contributed by atoms with Gasteiger partial charge in [0, 0.05) is 16.0 Å². The second-order valence-corrected chi connectivity index (χ2v) is 8.60. The Hall–Kier alpha value is -4.54. The molecule has 5 rings (SSSR count). The maximum Gasteiger partial charge on any atom is 0.339 e. The van der Waals surface area contributed by atoms with Crippen LogP contribution in [0.25, 0.3) is 33.1 Å². The second kappa shape index (κ2) is 9.61. The van der Waals surface area contributed by atoms with E-state index >= 15 is 0 Å². The first kappa shape index (κ1) is 23.2. The van der Waals surface area contributed by atoms with Crippen molar-refractivity contribution in [2.24, 2.45) is 0 Å². The van der Waals surface area contributed by atoms with E-state index in [1.54, 1.807) is 36.4 Å². The Morgan fingerprint density at radius 2 is 1.69 bits per heavy atom. The lowest BCUT2D eigenvalue weighted by atomic mass is 9.98. The summed E-state index contributed by atoms with van der Waals surface area (Å²) in [5.74, 6) is -0.389. The van der Waals surface area contributed by atoms with Gasteiger partial charge >= 0.3 is 5.97 Å². The van der Waals surface area contributed by atoms with Crippen LogP contribution in [-0.4, -0.2) is 20.5 Å². The van der Waals surface area contributed by atoms with Gasteiger partial charge in [-0.05, 0) is 42.8 Å². The van der Waals surface area contributed by atoms with Gasteiger partial charge in [0.1, 0.15) is 13.2 Å². The molecule has 2 heterocycles. The molecule has 0 aliphatic rings. The molecule has 0 spiro atoms. The molecular formula is C28H19ClN4O3. The van der Waals surface area contributed by atoms with Crippen LogP contribution in [0.5, 0.6) is 0 Å². The number of pyridine rings is 1. The molecule has 176 valence electrons. The Morgan fingerprint density at radius 3 is 2.42 bits per heavy atom. The van der Waals surface area contributed by atoms with Crippen molar-refractivity contribution in [3.63, 3.8) is 0 Å². The average molecular weight is 495 g/mol. The lowest BCUT2D eigenvalue weighted by Crippen LogP contribution is -2.26. The van der Waals surface area contributed by atoms with Crippen molar-refractivity contribution in [2.45, 2.75) is 20.1 Å². The van der Waals surface area contributed by atoms with Crippen LogP contribution in [0.4, 0.5) is 0 Å². The van der Waals surface area contributed by atoms with Crippen LogP contribution in [-0.2, 0) is 17.9 Å². The third-order valence-corrected chi connectivity index (χ3v) is 6.18. The number of rotatable bonds is 5. The topological polar surface area (TPSA) is 97.9 Å². The molecule has 5 aromatic rings. The van der Waals surface area contributed by atoms with Gasteiger partial charge in [-0.2, -0.15) is 5.26 Å². The Bertz CT molecular complexity index is 1750. The van der Waals surface area contributed by atoms with Gasteiger partial charge < -0.3 is 4.74 Å². The average Bonchev–Trinajstić information content (AvgIpc) is 2.89. The SMILES string of the molecule is Cc1c(-c2cccc(Cl)c2)nc2ccccc2c1C(=O)OCc1nc2ccccc2c(=O)n1CC#N. The molecule has 36 heavy (non-hydrogen) atoms. The lowest BCUT2D eigenvalue weighted by Gasteiger charge is -2.15. The zero-order chi connectivity index (χ0) is 25.2. The first-order chi connectivity index (χ1) is 17.5. The van der Waals surface area contributed by atoms with Crippen molar-refractivity contribution in [2.75, 3.05) is 0 Å². The molecule has 0 atom stereocenters. The number of carbonyl (C=O) groups excluding carboxylic acids is 1. The van der Waals surface area contributed by atoms with Crippen LogP contribution < -0.4 is 5.56 Å². The summed E-state index contributed by atoms with van der Waals surface area (Å²) in [6.07, 6.45) is 0. The van der Waals surface area contributed by atoms with E-state index < -0.39 is 5.97 Å². The summed E-state index contributed by atoms with van der Waals surface area (Å²) in [6, 6.07) is 23.4. The molecule has 2 aromatic heterocycles. The van der Waals surface area contributed by atoms with Crippen LogP contribution in [0.15, 0.2) is 77.6 Å². The second-order valence-electron chi connectivity index (χ2n) is 8.16. The van der Waals surface area contributed by atoms with Crippen molar-refractivity contribution in [3.8, 4) is 17.3 Å². The summed E-state index contributed by atoms with van der Waals surface area (Å²) in [5.41, 5.74) is 3.15. The van der Waals surface area contributed by atoms with Crippen molar-refractivity contribution >= 4 is 39.4 Å². The Balaban J connectivity index is 1.57. The van der Waals surface area contributed by atoms with Crippen molar-refractivity contribution in [3.05, 3.63) is 105 Å². The molecule has 0 saturated heterocycles. The molecule has 0 fully saturated rings. The van der Waals surface area contributed by atoms with Crippen LogP contribution in [0.3, 0.4) is 0 Å². The van der Waals surface area contributed by atoms with Crippen molar-refractivity contribution in [1.29, 1.82) is 5.26 Å². The molecule has 0 saturated carbocycles. The zero-order valence-corrected chi connectivity index (χ0v) is 20.0. The number of benzene rings is 3. The van der Waals surface area contributed by atoms with E-state index in [1.165, 1.54) is 4.57 Å². The lowest BCUT2D eigenvalue weighted by molar-refractivity contribution is 0.0458. The summed E-state index contributed by atoms with van der Waals surface area (Å²) < 4.78 is 6.91. The number of fused-ring (bicyclic) bond motifs is 2. The normalized spacial score (nSPS) is 10.9. The number of halogens is 1. The van der Waals surface area contributed by atoms with E-state index in [2.05, 4.69) is 4.98 Å². The third kappa shape index (κ3) is 4.19. The summed E-state index contributed by atoms with van der Waals surface area (Å²) in [6.45, 7) is 1.33. The maximum absolute atomic E-state index is 13.5. The van der Waals surface area contributed by atoms with Crippen LogP contribution in [0, 0.1) is 18.3 Å². The van der Waals surface area contributed by atoms with E-state index in [-0.39, 0.29) is 24.5 Å². The molecule has 0 bridgehead atoms. The van der Waals surface area contributed by atoms with Crippen LogP contribution in [0.2, 0.25) is 5.02 Å². The molecule has 0 radical (unpaired) electrons. The van der Waals surface area contributed by atoms with E-state index in [1.807, 2.05) is 49.4 Å². The maximum atomic E-state index is 13.5. The molecule has 0 aliphatic heterocycles. The molecule has 0 unspecified atom stereocenters. The Kier molecular flexibility index (Phi) is 6.19. The fourth-order valence-electron chi connectivity index (χ4n) is 4.25. The van der Waals surface area contributed by atoms with E-state index in [0.29, 0.717) is 43.6 Å². The van der Waals surface area contributed by atoms with Crippen molar-refractivity contribution in [1.82, 2.24) is 14.5 Å². The minimum Gasteiger partial charge on any atom is -0.454 e. The number of ether oxygens (including phenoxy) is 1. The molecule has 0 N–H and O–H groups in total. The van der Waals surface area contributed by atoms with Gasteiger partial charge in [-0.1, -0.05) is 54.1 Å². The number of carbonyl (C=O) groups is 1. The third-order valence-electron chi connectivity index (χ3n) is 5.94. The van der Waals surface area contributed by atoms with Gasteiger partial charge in [0.25, 0.3) is 5.56 Å². The number of para-hydroxylation sites is 2. The minimum atomic E-state index is -0.583. The van der Waals surface area contributed by atoms with E-state index in [0.717, 1.165) is 5.56 Å². The highest BCUT2D eigenvalue weighted by atomic mass is 35.5. The number of aromatic nitrogens is 3. The predicted molar refractivity (Wildman–Crippen MR) is 138 cm³/mol. The molecule has 7 nitrogen and oxygen atoms in total. The Morgan fingerprint density at radius 1 is 1.00 bits per heavy atom. The van der Waals surface area contributed by atoms with Gasteiger partial charge in [-0.3, -0.25) is 9.36 Å². The van der Waals surface area contributed by atoms with Crippen LogP contribution in [0.1, 0.15) is 21.7 Å².